The Kier molecular flexibility index (Phi) is 7.03. The van der Waals surface area contributed by atoms with Crippen LogP contribution in [0.25, 0.3) is 22.4 Å². The molecular weight excluding hydrogens is 518 g/mol. The van der Waals surface area contributed by atoms with Crippen LogP contribution >= 0.6 is 11.6 Å². The van der Waals surface area contributed by atoms with Crippen molar-refractivity contribution in [3.05, 3.63) is 53.7 Å². The van der Waals surface area contributed by atoms with Crippen molar-refractivity contribution in [1.82, 2.24) is 24.5 Å². The first-order valence-electron chi connectivity index (χ1n) is 11.9. The average Bonchev–Trinajstić information content (AvgIpc) is 3.32. The molecule has 2 atom stereocenters. The van der Waals surface area contributed by atoms with Gasteiger partial charge in [-0.1, -0.05) is 11.6 Å². The van der Waals surface area contributed by atoms with E-state index in [0.29, 0.717) is 58.4 Å². The number of alkyl halides is 2. The zero-order chi connectivity index (χ0) is 27.0. The summed E-state index contributed by atoms with van der Waals surface area (Å²) in [7, 11) is 1.56. The molecule has 0 radical (unpaired) electrons. The third-order valence-corrected chi connectivity index (χ3v) is 7.22. The summed E-state index contributed by atoms with van der Waals surface area (Å²) in [5.41, 5.74) is 14.6. The Morgan fingerprint density at radius 3 is 2.76 bits per heavy atom. The minimum atomic E-state index is -2.94. The van der Waals surface area contributed by atoms with E-state index in [0.717, 1.165) is 5.56 Å². The van der Waals surface area contributed by atoms with Crippen LogP contribution in [0.3, 0.4) is 0 Å². The summed E-state index contributed by atoms with van der Waals surface area (Å²) in [6, 6.07) is 7.20. The van der Waals surface area contributed by atoms with Gasteiger partial charge in [0.1, 0.15) is 23.7 Å². The molecule has 38 heavy (non-hydrogen) atoms. The minimum Gasteiger partial charge on any atom is -0.497 e. The largest absolute Gasteiger partial charge is 0.497 e. The van der Waals surface area contributed by atoms with Gasteiger partial charge in [-0.2, -0.15) is 0 Å². The molecule has 1 fully saturated rings. The highest BCUT2D eigenvalue weighted by Crippen LogP contribution is 2.35. The van der Waals surface area contributed by atoms with Crippen molar-refractivity contribution in [1.29, 1.82) is 0 Å². The van der Waals surface area contributed by atoms with Gasteiger partial charge in [-0.25, -0.2) is 23.7 Å². The lowest BCUT2D eigenvalue weighted by Crippen LogP contribution is -2.63. The van der Waals surface area contributed by atoms with Gasteiger partial charge in [0, 0.05) is 18.7 Å². The number of hydrogen-bond acceptors (Lipinski definition) is 9. The van der Waals surface area contributed by atoms with E-state index in [1.807, 2.05) is 21.6 Å². The number of hydrogen-bond donors (Lipinski definition) is 3. The number of fused-ring (bicyclic) bond motifs is 1. The van der Waals surface area contributed by atoms with Gasteiger partial charge >= 0.3 is 0 Å². The van der Waals surface area contributed by atoms with E-state index in [9.17, 15) is 13.9 Å². The van der Waals surface area contributed by atoms with E-state index in [2.05, 4.69) is 19.9 Å². The Morgan fingerprint density at radius 2 is 2.03 bits per heavy atom. The van der Waals surface area contributed by atoms with Gasteiger partial charge in [0.2, 0.25) is 0 Å². The number of benzene rings is 1. The smallest absolute Gasteiger partial charge is 0.265 e. The van der Waals surface area contributed by atoms with Gasteiger partial charge in [-0.15, -0.1) is 0 Å². The average molecular weight is 545 g/mol. The molecule has 10 nitrogen and oxygen atoms in total. The molecule has 1 aromatic carbocycles. The van der Waals surface area contributed by atoms with Gasteiger partial charge in [0.25, 0.3) is 6.43 Å². The second kappa shape index (κ2) is 10.3. The maximum Gasteiger partial charge on any atom is 0.265 e. The molecule has 13 heteroatoms. The fourth-order valence-electron chi connectivity index (χ4n) is 4.89. The molecule has 1 unspecified atom stereocenters. The van der Waals surface area contributed by atoms with Crippen LogP contribution in [0.4, 0.5) is 20.3 Å². The Labute approximate surface area is 222 Å². The predicted octanol–water partition coefficient (Wildman–Crippen LogP) is 3.10. The number of nitrogens with zero attached hydrogens (tertiary/aromatic N) is 6. The lowest BCUT2D eigenvalue weighted by molar-refractivity contribution is -0.0529. The maximum atomic E-state index is 13.4. The normalized spacial score (nSPS) is 18.8. The van der Waals surface area contributed by atoms with Crippen LogP contribution in [0, 0.1) is 0 Å². The van der Waals surface area contributed by atoms with Gasteiger partial charge in [-0.3, -0.25) is 4.98 Å². The highest BCUT2D eigenvalue weighted by molar-refractivity contribution is 6.33. The van der Waals surface area contributed by atoms with Crippen LogP contribution in [0.2, 0.25) is 5.02 Å². The molecule has 5 rings (SSSR count). The molecule has 0 saturated carbocycles. The zero-order valence-corrected chi connectivity index (χ0v) is 21.3. The number of ether oxygens (including phenoxy) is 1. The quantitative estimate of drug-likeness (QED) is 0.320. The summed E-state index contributed by atoms with van der Waals surface area (Å²) in [5.74, 6) is 0.877. The summed E-state index contributed by atoms with van der Waals surface area (Å²) in [4.78, 5) is 19.2. The molecule has 0 bridgehead atoms. The molecule has 0 amide bonds. The van der Waals surface area contributed by atoms with Gasteiger partial charge in [-0.05, 0) is 42.7 Å². The van der Waals surface area contributed by atoms with Crippen LogP contribution in [0.1, 0.15) is 18.4 Å². The highest BCUT2D eigenvalue weighted by atomic mass is 35.5. The summed E-state index contributed by atoms with van der Waals surface area (Å²) in [6.07, 6.45) is 0.572. The molecule has 4 aromatic rings. The number of aliphatic hydroxyl groups excluding tert-OH is 1. The number of rotatable bonds is 7. The number of pyridine rings is 1. The summed E-state index contributed by atoms with van der Waals surface area (Å²) < 4.78 is 33.9. The molecule has 200 valence electrons. The highest BCUT2D eigenvalue weighted by Gasteiger charge is 2.43. The summed E-state index contributed by atoms with van der Waals surface area (Å²) in [5, 5.41) is 10.6. The molecule has 5 N–H and O–H groups in total. The number of imidazole rings is 1. The zero-order valence-electron chi connectivity index (χ0n) is 20.6. The van der Waals surface area contributed by atoms with Crippen molar-refractivity contribution in [3.8, 4) is 17.0 Å². The monoisotopic (exact) mass is 544 g/mol. The van der Waals surface area contributed by atoms with Crippen LogP contribution in [0.5, 0.6) is 5.75 Å². The molecule has 1 aliphatic heterocycles. The van der Waals surface area contributed by atoms with Gasteiger partial charge < -0.3 is 30.8 Å². The second-order valence-electron chi connectivity index (χ2n) is 9.39. The van der Waals surface area contributed by atoms with E-state index >= 15 is 0 Å². The van der Waals surface area contributed by atoms with Crippen molar-refractivity contribution >= 4 is 34.3 Å². The molecule has 0 aliphatic carbocycles. The van der Waals surface area contributed by atoms with E-state index in [-0.39, 0.29) is 18.8 Å². The van der Waals surface area contributed by atoms with Crippen LogP contribution in [-0.4, -0.2) is 67.9 Å². The van der Waals surface area contributed by atoms with Gasteiger partial charge in [0.05, 0.1) is 48.1 Å². The third-order valence-electron chi connectivity index (χ3n) is 6.91. The van der Waals surface area contributed by atoms with E-state index in [4.69, 9.17) is 27.8 Å². The Morgan fingerprint density at radius 1 is 1.21 bits per heavy atom. The SMILES string of the molecule is COc1ccc(-c2cc(Cn3cnc4c(N)ncnc43)c(N3CCC[C@](N)(C(O)C(F)F)C3)cn2)c(Cl)c1. The molecule has 3 aromatic heterocycles. The number of aliphatic hydroxyl groups is 1. The van der Waals surface area contributed by atoms with E-state index in [1.54, 1.807) is 31.8 Å². The standard InChI is InChI=1S/C25H27ClF2N8O2/c1-38-15-3-4-16(17(26)8-15)18-7-14(10-36-13-34-20-23(29)32-12-33-24(20)36)19(9-31-18)35-6-2-5-25(30,11-35)21(37)22(27)28/h3-4,7-9,12-13,21-22,37H,2,5-6,10-11,30H2,1H3,(H2,29,32,33)/t21?,25-/m1/s1. The molecule has 4 heterocycles. The second-order valence-corrected chi connectivity index (χ2v) is 9.79. The van der Waals surface area contributed by atoms with Crippen molar-refractivity contribution in [3.63, 3.8) is 0 Å². The number of methoxy groups -OCH3 is 1. The number of anilines is 2. The third kappa shape index (κ3) is 4.82. The molecule has 0 spiro atoms. The first kappa shape index (κ1) is 26.0. The molecular formula is C25H27ClF2N8O2. The number of halogens is 3. The molecule has 1 aliphatic rings. The Balaban J connectivity index is 1.58. The fourth-order valence-corrected chi connectivity index (χ4v) is 5.15. The topological polar surface area (TPSA) is 141 Å². The van der Waals surface area contributed by atoms with Crippen molar-refractivity contribution in [2.24, 2.45) is 5.73 Å². The van der Waals surface area contributed by atoms with Crippen molar-refractivity contribution in [2.45, 2.75) is 37.5 Å². The first-order valence-corrected chi connectivity index (χ1v) is 12.3. The summed E-state index contributed by atoms with van der Waals surface area (Å²) >= 11 is 6.53. The number of nitrogens with two attached hydrogens (primary N) is 2. The Bertz CT molecular complexity index is 1470. The predicted molar refractivity (Wildman–Crippen MR) is 140 cm³/mol. The van der Waals surface area contributed by atoms with Gasteiger partial charge in [0.15, 0.2) is 11.5 Å². The van der Waals surface area contributed by atoms with Crippen molar-refractivity contribution < 1.29 is 18.6 Å². The van der Waals surface area contributed by atoms with Crippen LogP contribution in [0.15, 0.2) is 43.1 Å². The minimum absolute atomic E-state index is 0.0373. The lowest BCUT2D eigenvalue weighted by Gasteiger charge is -2.44. The number of aromatic nitrogens is 5. The van der Waals surface area contributed by atoms with Crippen molar-refractivity contribution in [2.75, 3.05) is 30.8 Å². The fraction of sp³-hybridized carbons (Fsp3) is 0.360. The molecule has 1 saturated heterocycles. The number of piperidine rings is 1. The van der Waals surface area contributed by atoms with E-state index < -0.39 is 18.1 Å². The first-order chi connectivity index (χ1) is 18.2. The lowest BCUT2D eigenvalue weighted by atomic mass is 9.84. The van der Waals surface area contributed by atoms with Crippen LogP contribution < -0.4 is 21.1 Å². The van der Waals surface area contributed by atoms with Crippen LogP contribution in [-0.2, 0) is 6.54 Å². The number of nitrogen functional groups attached to an aromatic ring is 1. The Hall–Kier alpha value is -3.61. The maximum absolute atomic E-state index is 13.4. The summed E-state index contributed by atoms with van der Waals surface area (Å²) in [6.45, 7) is 0.915. The van der Waals surface area contributed by atoms with E-state index in [1.165, 1.54) is 6.33 Å².